The van der Waals surface area contributed by atoms with E-state index in [1.165, 1.54) is 42.5 Å². The molecule has 10 heteroatoms. The van der Waals surface area contributed by atoms with Crippen LogP contribution in [0.25, 0.3) is 10.1 Å². The van der Waals surface area contributed by atoms with E-state index in [1.807, 2.05) is 0 Å². The van der Waals surface area contributed by atoms with Gasteiger partial charge in [-0.25, -0.2) is 4.39 Å². The van der Waals surface area contributed by atoms with Gasteiger partial charge < -0.3 is 0 Å². The lowest BCUT2D eigenvalue weighted by atomic mass is 10.2. The van der Waals surface area contributed by atoms with Gasteiger partial charge in [0.15, 0.2) is 0 Å². The van der Waals surface area contributed by atoms with Gasteiger partial charge in [-0.1, -0.05) is 11.6 Å². The molecule has 3 aromatic rings. The predicted molar refractivity (Wildman–Crippen MR) is 94.8 cm³/mol. The molecule has 0 atom stereocenters. The lowest BCUT2D eigenvalue weighted by Gasteiger charge is -2.06. The highest BCUT2D eigenvalue weighted by atomic mass is 35.5. The smallest absolute Gasteiger partial charge is 0.267 e. The van der Waals surface area contributed by atoms with E-state index in [0.29, 0.717) is 10.1 Å². The summed E-state index contributed by atoms with van der Waals surface area (Å²) in [6.07, 6.45) is 0. The Labute approximate surface area is 154 Å². The molecule has 0 fully saturated rings. The largest absolute Gasteiger partial charge is 0.281 e. The third-order valence-corrected chi connectivity index (χ3v) is 5.08. The van der Waals surface area contributed by atoms with Crippen molar-refractivity contribution in [1.82, 2.24) is 10.9 Å². The number of hydrazine groups is 1. The van der Waals surface area contributed by atoms with Gasteiger partial charge in [0, 0.05) is 27.8 Å². The summed E-state index contributed by atoms with van der Waals surface area (Å²) < 4.78 is 13.8. The van der Waals surface area contributed by atoms with Crippen LogP contribution < -0.4 is 10.9 Å². The quantitative estimate of drug-likeness (QED) is 0.523. The molecule has 0 spiro atoms. The molecule has 2 aromatic carbocycles. The minimum absolute atomic E-state index is 0.122. The number of nitro benzene ring substituents is 1. The number of halogens is 2. The topological polar surface area (TPSA) is 101 Å². The minimum Gasteiger partial charge on any atom is -0.267 e. The van der Waals surface area contributed by atoms with Crippen LogP contribution in [0.2, 0.25) is 5.02 Å². The van der Waals surface area contributed by atoms with E-state index in [4.69, 9.17) is 11.6 Å². The molecule has 26 heavy (non-hydrogen) atoms. The molecule has 2 N–H and O–H groups in total. The van der Waals surface area contributed by atoms with E-state index >= 15 is 0 Å². The van der Waals surface area contributed by atoms with E-state index in [-0.39, 0.29) is 21.2 Å². The number of benzene rings is 2. The third kappa shape index (κ3) is 3.48. The summed E-state index contributed by atoms with van der Waals surface area (Å²) in [5.41, 5.74) is 4.37. The van der Waals surface area contributed by atoms with Crippen molar-refractivity contribution in [2.45, 2.75) is 0 Å². The zero-order valence-corrected chi connectivity index (χ0v) is 14.4. The Morgan fingerprint density at radius 3 is 2.38 bits per heavy atom. The first kappa shape index (κ1) is 17.8. The van der Waals surface area contributed by atoms with Crippen LogP contribution in [0.4, 0.5) is 10.1 Å². The molecule has 2 amide bonds. The number of thiophene rings is 1. The normalized spacial score (nSPS) is 10.5. The maximum Gasteiger partial charge on any atom is 0.281 e. The fraction of sp³-hybridized carbons (Fsp3) is 0. The van der Waals surface area contributed by atoms with Crippen molar-refractivity contribution in [2.75, 3.05) is 0 Å². The van der Waals surface area contributed by atoms with Gasteiger partial charge in [0.1, 0.15) is 10.7 Å². The molecule has 1 heterocycles. The summed E-state index contributed by atoms with van der Waals surface area (Å²) >= 11 is 7.12. The number of rotatable bonds is 3. The Bertz CT molecular complexity index is 1040. The number of hydrogen-bond donors (Lipinski definition) is 2. The maximum atomic E-state index is 13.3. The Kier molecular flexibility index (Phi) is 4.83. The third-order valence-electron chi connectivity index (χ3n) is 3.43. The molecule has 0 aliphatic heterocycles. The molecule has 1 aromatic heterocycles. The SMILES string of the molecule is O=C(NNC(=O)c1sc2cc(F)ccc2c1Cl)c1ccc([N+](=O)[O-])cc1. The number of amides is 2. The second-order valence-electron chi connectivity index (χ2n) is 5.10. The van der Waals surface area contributed by atoms with Crippen molar-refractivity contribution < 1.29 is 18.9 Å². The Morgan fingerprint density at radius 2 is 1.73 bits per heavy atom. The van der Waals surface area contributed by atoms with Crippen molar-refractivity contribution in [3.63, 3.8) is 0 Å². The van der Waals surface area contributed by atoms with E-state index in [1.54, 1.807) is 0 Å². The van der Waals surface area contributed by atoms with Crippen molar-refractivity contribution in [3.8, 4) is 0 Å². The van der Waals surface area contributed by atoms with E-state index in [0.717, 1.165) is 11.3 Å². The van der Waals surface area contributed by atoms with Crippen molar-refractivity contribution in [2.24, 2.45) is 0 Å². The second kappa shape index (κ2) is 7.06. The first-order valence-electron chi connectivity index (χ1n) is 7.09. The lowest BCUT2D eigenvalue weighted by Crippen LogP contribution is -2.41. The van der Waals surface area contributed by atoms with Crippen LogP contribution in [0.1, 0.15) is 20.0 Å². The highest BCUT2D eigenvalue weighted by Crippen LogP contribution is 2.35. The van der Waals surface area contributed by atoms with Crippen molar-refractivity contribution in [3.05, 3.63) is 73.9 Å². The average Bonchev–Trinajstić information content (AvgIpc) is 2.95. The zero-order valence-electron chi connectivity index (χ0n) is 12.8. The molecule has 0 aliphatic carbocycles. The molecule has 0 saturated carbocycles. The fourth-order valence-electron chi connectivity index (χ4n) is 2.16. The minimum atomic E-state index is -0.660. The number of fused-ring (bicyclic) bond motifs is 1. The summed E-state index contributed by atoms with van der Waals surface area (Å²) in [4.78, 5) is 34.3. The molecule has 3 rings (SSSR count). The number of nitro groups is 1. The van der Waals surface area contributed by atoms with E-state index < -0.39 is 22.6 Å². The van der Waals surface area contributed by atoms with E-state index in [9.17, 15) is 24.1 Å². The number of hydrogen-bond acceptors (Lipinski definition) is 5. The predicted octanol–water partition coefficient (Wildman–Crippen LogP) is 3.68. The zero-order chi connectivity index (χ0) is 18.8. The number of nitrogens with zero attached hydrogens (tertiary/aromatic N) is 1. The highest BCUT2D eigenvalue weighted by Gasteiger charge is 2.18. The monoisotopic (exact) mass is 393 g/mol. The molecule has 0 radical (unpaired) electrons. The van der Waals surface area contributed by atoms with Crippen LogP contribution in [-0.2, 0) is 0 Å². The van der Waals surface area contributed by atoms with Gasteiger partial charge in [-0.2, -0.15) is 0 Å². The van der Waals surface area contributed by atoms with Crippen LogP contribution in [0.5, 0.6) is 0 Å². The van der Waals surface area contributed by atoms with Gasteiger partial charge in [-0.15, -0.1) is 11.3 Å². The summed E-state index contributed by atoms with van der Waals surface area (Å²) in [5.74, 6) is -1.77. The maximum absolute atomic E-state index is 13.3. The molecule has 7 nitrogen and oxygen atoms in total. The Balaban J connectivity index is 1.71. The average molecular weight is 394 g/mol. The second-order valence-corrected chi connectivity index (χ2v) is 6.53. The highest BCUT2D eigenvalue weighted by molar-refractivity contribution is 7.21. The fourth-order valence-corrected chi connectivity index (χ4v) is 3.60. The Hall–Kier alpha value is -3.04. The number of carbonyl (C=O) groups is 2. The molecular formula is C16H9ClFN3O4S. The van der Waals surface area contributed by atoms with Gasteiger partial charge in [0.25, 0.3) is 17.5 Å². The molecule has 0 bridgehead atoms. The molecule has 132 valence electrons. The summed E-state index contributed by atoms with van der Waals surface area (Å²) in [6, 6.07) is 8.83. The van der Waals surface area contributed by atoms with E-state index in [2.05, 4.69) is 10.9 Å². The number of non-ortho nitro benzene ring substituents is 1. The first-order valence-corrected chi connectivity index (χ1v) is 8.29. The molecule has 0 aliphatic rings. The van der Waals surface area contributed by atoms with Crippen LogP contribution in [-0.4, -0.2) is 16.7 Å². The van der Waals surface area contributed by atoms with Crippen molar-refractivity contribution in [1.29, 1.82) is 0 Å². The first-order chi connectivity index (χ1) is 12.4. The van der Waals surface area contributed by atoms with Gasteiger partial charge in [0.05, 0.1) is 9.95 Å². The summed E-state index contributed by atoms with van der Waals surface area (Å²) in [6.45, 7) is 0. The van der Waals surface area contributed by atoms with Gasteiger partial charge in [-0.3, -0.25) is 30.6 Å². The Morgan fingerprint density at radius 1 is 1.08 bits per heavy atom. The van der Waals surface area contributed by atoms with Crippen molar-refractivity contribution >= 4 is 50.5 Å². The van der Waals surface area contributed by atoms with Gasteiger partial charge in [0.2, 0.25) is 0 Å². The molecular weight excluding hydrogens is 385 g/mol. The molecule has 0 saturated heterocycles. The van der Waals surface area contributed by atoms with Crippen LogP contribution >= 0.6 is 22.9 Å². The standard InChI is InChI=1S/C16H9ClFN3O4S/c17-13-11-6-3-9(18)7-12(11)26-14(13)16(23)20-19-15(22)8-1-4-10(5-2-8)21(24)25/h1-7H,(H,19,22)(H,20,23). The van der Waals surface area contributed by atoms with Crippen LogP contribution in [0, 0.1) is 15.9 Å². The lowest BCUT2D eigenvalue weighted by molar-refractivity contribution is -0.384. The van der Waals surface area contributed by atoms with Gasteiger partial charge in [-0.05, 0) is 30.3 Å². The number of carbonyl (C=O) groups excluding carboxylic acids is 2. The van der Waals surface area contributed by atoms with Gasteiger partial charge >= 0.3 is 0 Å². The number of nitrogens with one attached hydrogen (secondary N) is 2. The van der Waals surface area contributed by atoms with Crippen LogP contribution in [0.3, 0.4) is 0 Å². The summed E-state index contributed by atoms with van der Waals surface area (Å²) in [5, 5.41) is 11.3. The molecule has 0 unspecified atom stereocenters. The van der Waals surface area contributed by atoms with Crippen LogP contribution in [0.15, 0.2) is 42.5 Å². The summed E-state index contributed by atoms with van der Waals surface area (Å²) in [7, 11) is 0.